The van der Waals surface area contributed by atoms with Gasteiger partial charge in [0.15, 0.2) is 22.8 Å². The number of aliphatic hydroxyl groups excluding tert-OH is 4. The van der Waals surface area contributed by atoms with Crippen molar-refractivity contribution in [2.24, 2.45) is 28.2 Å². The van der Waals surface area contributed by atoms with Gasteiger partial charge in [-0.2, -0.15) is 40.8 Å². The summed E-state index contributed by atoms with van der Waals surface area (Å²) in [5, 5.41) is 96.8. The molecule has 12 aromatic rings. The van der Waals surface area contributed by atoms with E-state index in [0.29, 0.717) is 78.7 Å². The van der Waals surface area contributed by atoms with Crippen LogP contribution in [0.3, 0.4) is 0 Å². The first kappa shape index (κ1) is 86.5. The van der Waals surface area contributed by atoms with Crippen molar-refractivity contribution in [1.82, 2.24) is 119 Å². The van der Waals surface area contributed by atoms with Crippen molar-refractivity contribution < 1.29 is 58.8 Å². The van der Waals surface area contributed by atoms with Crippen LogP contribution in [0.4, 0.5) is 22.7 Å². The van der Waals surface area contributed by atoms with E-state index in [0.717, 1.165) is 81.1 Å². The van der Waals surface area contributed by atoms with Crippen LogP contribution in [0.25, 0.3) is 45.0 Å². The van der Waals surface area contributed by atoms with Crippen molar-refractivity contribution >= 4 is 70.0 Å². The van der Waals surface area contributed by atoms with E-state index in [1.54, 1.807) is 142 Å². The first-order valence-electron chi connectivity index (χ1n) is 40.4. The van der Waals surface area contributed by atoms with E-state index in [9.17, 15) is 58.8 Å². The van der Waals surface area contributed by atoms with Gasteiger partial charge in [-0.25, -0.2) is 19.9 Å². The van der Waals surface area contributed by atoms with Crippen LogP contribution in [0.15, 0.2) is 159 Å². The van der Waals surface area contributed by atoms with Gasteiger partial charge in [-0.1, -0.05) is 55.7 Å². The Morgan fingerprint density at radius 2 is 0.585 bits per heavy atom. The number of anilines is 4. The molecule has 123 heavy (non-hydrogen) atoms. The molecule has 12 N–H and O–H groups in total. The summed E-state index contributed by atoms with van der Waals surface area (Å²) in [5.41, 5.74) is 8.18. The van der Waals surface area contributed by atoms with Crippen molar-refractivity contribution in [3.05, 3.63) is 205 Å². The molecule has 4 unspecified atom stereocenters. The van der Waals surface area contributed by atoms with Crippen LogP contribution in [0.5, 0.6) is 0 Å². The fourth-order valence-electron chi connectivity index (χ4n) is 13.6. The summed E-state index contributed by atoms with van der Waals surface area (Å²) in [4.78, 5) is 119. The lowest BCUT2D eigenvalue weighted by molar-refractivity contribution is 0.00746. The van der Waals surface area contributed by atoms with Crippen LogP contribution in [-0.4, -0.2) is 216 Å². The lowest BCUT2D eigenvalue weighted by Crippen LogP contribution is -2.33. The number of nitrogens with zero attached hydrogens (tertiary/aromatic N) is 20. The van der Waals surface area contributed by atoms with Crippen molar-refractivity contribution in [2.75, 3.05) is 47.4 Å². The van der Waals surface area contributed by atoms with Crippen LogP contribution in [0.2, 0.25) is 0 Å². The van der Waals surface area contributed by atoms with Gasteiger partial charge in [0.05, 0.1) is 94.7 Å². The highest BCUT2D eigenvalue weighted by Crippen LogP contribution is 2.26. The molecule has 40 nitrogen and oxygen atoms in total. The normalized spacial score (nSPS) is 18.3. The average molecular weight is 1680 g/mol. The molecule has 0 radical (unpaired) electrons. The van der Waals surface area contributed by atoms with Crippen LogP contribution in [0.1, 0.15) is 167 Å². The number of nitrogens with one attached hydrogen (secondary N) is 8. The molecule has 0 fully saturated rings. The van der Waals surface area contributed by atoms with Crippen molar-refractivity contribution in [3.8, 4) is 45.0 Å². The van der Waals surface area contributed by atoms with Crippen LogP contribution in [-0.2, 0) is 54.4 Å². The maximum atomic E-state index is 12.8. The molecule has 0 spiro atoms. The number of fused-ring (bicyclic) bond motifs is 24. The Kier molecular flexibility index (Phi) is 28.9. The molecule has 4 atom stereocenters. The number of allylic oxidation sites excluding steroid dienone is 1. The molecule has 4 aliphatic rings. The van der Waals surface area contributed by atoms with Gasteiger partial charge in [0.25, 0.3) is 47.3 Å². The van der Waals surface area contributed by atoms with E-state index < -0.39 is 59.9 Å². The second-order valence-electron chi connectivity index (χ2n) is 29.6. The molecule has 16 bridgehead atoms. The molecule has 0 saturated carbocycles. The third kappa shape index (κ3) is 23.4. The lowest BCUT2D eigenvalue weighted by atomic mass is 10.1. The minimum atomic E-state index is -1.00. The molecule has 4 aliphatic heterocycles. The monoisotopic (exact) mass is 1680 g/mol. The number of rotatable bonds is 0. The van der Waals surface area contributed by atoms with E-state index in [1.807, 2.05) is 40.1 Å². The molecule has 16 heterocycles. The van der Waals surface area contributed by atoms with Gasteiger partial charge in [0.2, 0.25) is 0 Å². The SMILES string of the molecule is Cn1cc2c(n1)C(=O)NCC/C=C/CCCn1cc(cn1)-c1cccc(n1)C(=O)N2.Cn1cc2c(n1)C(=O)NCCC(O)C(O)CCCn1cc(cn1)-c1cccc(n1)C(=O)N2.Cn1cc2c(n1)C(=O)NCCC(O)C(O)CCn1cc(cn1)-c1cccc(n1)C(=O)N2.Cn1cc2c(n1)C(=O)NCCCCCCCn1cc(cn1)-c1cccc(n1)C(=O)N2. The number of amides is 8. The maximum Gasteiger partial charge on any atom is 0.274 e. The molecule has 640 valence electrons. The highest BCUT2D eigenvalue weighted by atomic mass is 16.3. The van der Waals surface area contributed by atoms with Crippen LogP contribution < -0.4 is 42.5 Å². The third-order valence-electron chi connectivity index (χ3n) is 20.1. The van der Waals surface area contributed by atoms with Crippen LogP contribution >= 0.6 is 0 Å². The number of hydrogen-bond acceptors (Lipinski definition) is 24. The Balaban J connectivity index is 0.000000141. The summed E-state index contributed by atoms with van der Waals surface area (Å²) in [7, 11) is 6.69. The summed E-state index contributed by atoms with van der Waals surface area (Å²) in [6.07, 6.45) is 30.3. The van der Waals surface area contributed by atoms with Gasteiger partial charge in [0.1, 0.15) is 22.8 Å². The minimum Gasteiger partial charge on any atom is -0.390 e. The molecule has 16 rings (SSSR count). The smallest absolute Gasteiger partial charge is 0.274 e. The second kappa shape index (κ2) is 41.1. The molecule has 12 aromatic heterocycles. The molecule has 0 aliphatic carbocycles. The highest BCUT2D eigenvalue weighted by Gasteiger charge is 2.27. The molecule has 40 heteroatoms. The molecule has 0 saturated heterocycles. The summed E-state index contributed by atoms with van der Waals surface area (Å²) < 4.78 is 13.0. The fourth-order valence-corrected chi connectivity index (χ4v) is 13.6. The maximum absolute atomic E-state index is 12.8. The van der Waals surface area contributed by atoms with Crippen molar-refractivity contribution in [2.45, 2.75) is 134 Å². The lowest BCUT2D eigenvalue weighted by Gasteiger charge is -2.18. The zero-order chi connectivity index (χ0) is 86.5. The van der Waals surface area contributed by atoms with E-state index in [-0.39, 0.29) is 101 Å². The zero-order valence-electron chi connectivity index (χ0n) is 68.2. The fraction of sp³-hybridized carbons (Fsp3) is 0.349. The van der Waals surface area contributed by atoms with Gasteiger partial charge >= 0.3 is 0 Å². The Labute approximate surface area is 704 Å². The molecule has 8 amide bonds. The van der Waals surface area contributed by atoms with Crippen molar-refractivity contribution in [1.29, 1.82) is 0 Å². The van der Waals surface area contributed by atoms with E-state index in [2.05, 4.69) is 115 Å². The van der Waals surface area contributed by atoms with Crippen LogP contribution in [0, 0.1) is 0 Å². The first-order valence-corrected chi connectivity index (χ1v) is 40.4. The van der Waals surface area contributed by atoms with Crippen molar-refractivity contribution in [3.63, 3.8) is 0 Å². The number of carbonyl (C=O) groups is 8. The summed E-state index contributed by atoms with van der Waals surface area (Å²) >= 11 is 0. The molecular formula is C83H96N28O12. The first-order chi connectivity index (χ1) is 59.5. The third-order valence-corrected chi connectivity index (χ3v) is 20.1. The second-order valence-corrected chi connectivity index (χ2v) is 29.6. The van der Waals surface area contributed by atoms with E-state index in [4.69, 9.17) is 0 Å². The number of aromatic nitrogens is 20. The summed E-state index contributed by atoms with van der Waals surface area (Å²) in [5.74, 6) is -3.37. The van der Waals surface area contributed by atoms with E-state index >= 15 is 0 Å². The number of aliphatic hydroxyl groups is 4. The van der Waals surface area contributed by atoms with Gasteiger partial charge in [-0.05, 0) is 113 Å². The van der Waals surface area contributed by atoms with Gasteiger partial charge in [0, 0.05) is 152 Å². The van der Waals surface area contributed by atoms with Gasteiger partial charge < -0.3 is 63.0 Å². The summed E-state index contributed by atoms with van der Waals surface area (Å²) in [6.45, 7) is 3.94. The highest BCUT2D eigenvalue weighted by molar-refractivity contribution is 6.10. The topological polar surface area (TPSA) is 508 Å². The predicted molar refractivity (Wildman–Crippen MR) is 449 cm³/mol. The number of pyridine rings is 4. The van der Waals surface area contributed by atoms with Gasteiger partial charge in [-0.3, -0.25) is 75.8 Å². The Bertz CT molecular complexity index is 5760. The average Bonchev–Trinajstić information content (AvgIpc) is 1.72. The molecule has 0 aromatic carbocycles. The summed E-state index contributed by atoms with van der Waals surface area (Å²) in [6, 6.07) is 20.7. The Morgan fingerprint density at radius 3 is 0.967 bits per heavy atom. The number of carbonyl (C=O) groups excluding carboxylic acids is 8. The number of aryl methyl sites for hydroxylation is 8. The quantitative estimate of drug-likeness (QED) is 0.0802. The number of hydrogen-bond donors (Lipinski definition) is 12. The largest absolute Gasteiger partial charge is 0.390 e. The zero-order valence-corrected chi connectivity index (χ0v) is 68.2. The predicted octanol–water partition coefficient (Wildman–Crippen LogP) is 5.77. The van der Waals surface area contributed by atoms with Gasteiger partial charge in [-0.15, -0.1) is 0 Å². The van der Waals surface area contributed by atoms with E-state index in [1.165, 1.54) is 31.1 Å². The Morgan fingerprint density at radius 1 is 0.293 bits per heavy atom. The Hall–Kier alpha value is -14.4. The molecular weight excluding hydrogens is 1580 g/mol. The standard InChI is InChI=1S/C21H25N7O4.C21H25N7O2.C21H23N7O2.C20H23N7O4/c1-27-12-16-19(26-27)21(32)22-8-7-18(30)17(29)6-3-9-28-11-13(10-23-28)14-4-2-5-15(24-14)20(31)25-16;2*1-27-14-18-19(26-27)21(30)22-10-5-3-2-4-6-11-28-13-15(12-23-28)16-8-7-9-17(24-16)20(29)25-18;1-26-11-15-18(25-26)20(31)21-7-5-16(28)17(29)6-8-27-10-12(9-22-27)13-3-2-4-14(23-13)19(30)24-15/h2,4-5,10-12,17-18,29-30H,3,6-9H2,1H3,(H,22,32)(H,25,31);7-9,12-14H,2-6,10-11H2,1H3,(H,22,30)(H,25,29);2-3,7-9,12-14H,4-6,10-11H2,1H3,(H,22,30)(H,25,29);2-4,9-11,16-17,28-29H,5-8H2,1H3,(H,21,31)(H,24,30)/b;;3-2+;. The minimum absolute atomic E-state index is 0.0458.